The van der Waals surface area contributed by atoms with Crippen molar-refractivity contribution in [1.29, 1.82) is 0 Å². The van der Waals surface area contributed by atoms with E-state index >= 15 is 0 Å². The number of carbonyl (C=O) groups excluding carboxylic acids is 2. The molecule has 1 aliphatic heterocycles. The van der Waals surface area contributed by atoms with Gasteiger partial charge in [-0.3, -0.25) is 14.5 Å². The first-order valence-corrected chi connectivity index (χ1v) is 11.3. The molecule has 1 aliphatic rings. The molecule has 1 N–H and O–H groups in total. The topological polar surface area (TPSA) is 55.9 Å². The number of nitrogens with zero attached hydrogens (tertiary/aromatic N) is 3. The standard InChI is InChI=1S/C25H34N4O2/c1-3-29(4-2)25(31)22-11-8-12-23(19-22)26-24(30)20-28-17-15-27(16-18-28)14-13-21-9-6-5-7-10-21/h5-12,19H,3-4,13-18,20H2,1-2H3,(H,26,30). The quantitative estimate of drug-likeness (QED) is 0.675. The van der Waals surface area contributed by atoms with Gasteiger partial charge in [0.15, 0.2) is 0 Å². The third-order valence-electron chi connectivity index (χ3n) is 5.84. The molecule has 1 fully saturated rings. The summed E-state index contributed by atoms with van der Waals surface area (Å²) < 4.78 is 0. The maximum Gasteiger partial charge on any atom is 0.253 e. The summed E-state index contributed by atoms with van der Waals surface area (Å²) >= 11 is 0. The van der Waals surface area contributed by atoms with Gasteiger partial charge in [-0.05, 0) is 44.0 Å². The Morgan fingerprint density at radius 3 is 2.26 bits per heavy atom. The van der Waals surface area contributed by atoms with Gasteiger partial charge in [-0.25, -0.2) is 0 Å². The molecule has 0 unspecified atom stereocenters. The second-order valence-corrected chi connectivity index (χ2v) is 7.96. The predicted octanol–water partition coefficient (Wildman–Crippen LogP) is 2.97. The van der Waals surface area contributed by atoms with Gasteiger partial charge in [-0.1, -0.05) is 36.4 Å². The number of rotatable bonds is 9. The number of hydrogen-bond donors (Lipinski definition) is 1. The lowest BCUT2D eigenvalue weighted by molar-refractivity contribution is -0.117. The van der Waals surface area contributed by atoms with Crippen LogP contribution in [-0.2, 0) is 11.2 Å². The summed E-state index contributed by atoms with van der Waals surface area (Å²) in [7, 11) is 0. The molecule has 6 heteroatoms. The van der Waals surface area contributed by atoms with E-state index in [1.54, 1.807) is 17.0 Å². The second kappa shape index (κ2) is 11.6. The Labute approximate surface area is 185 Å². The van der Waals surface area contributed by atoms with E-state index in [-0.39, 0.29) is 11.8 Å². The lowest BCUT2D eigenvalue weighted by Gasteiger charge is -2.34. The molecule has 0 saturated carbocycles. The van der Waals surface area contributed by atoms with E-state index in [9.17, 15) is 9.59 Å². The van der Waals surface area contributed by atoms with Crippen LogP contribution in [0.4, 0.5) is 5.69 Å². The highest BCUT2D eigenvalue weighted by Crippen LogP contribution is 2.13. The van der Waals surface area contributed by atoms with Crippen LogP contribution < -0.4 is 5.32 Å². The smallest absolute Gasteiger partial charge is 0.253 e. The Bertz CT molecular complexity index is 844. The van der Waals surface area contributed by atoms with Crippen molar-refractivity contribution in [1.82, 2.24) is 14.7 Å². The van der Waals surface area contributed by atoms with E-state index in [1.165, 1.54) is 5.56 Å². The van der Waals surface area contributed by atoms with Crippen molar-refractivity contribution in [2.24, 2.45) is 0 Å². The van der Waals surface area contributed by atoms with E-state index in [4.69, 9.17) is 0 Å². The van der Waals surface area contributed by atoms with Crippen LogP contribution in [0.5, 0.6) is 0 Å². The van der Waals surface area contributed by atoms with Gasteiger partial charge in [0.05, 0.1) is 6.54 Å². The van der Waals surface area contributed by atoms with Crippen molar-refractivity contribution in [3.05, 3.63) is 65.7 Å². The number of nitrogens with one attached hydrogen (secondary N) is 1. The second-order valence-electron chi connectivity index (χ2n) is 7.96. The highest BCUT2D eigenvalue weighted by molar-refractivity contribution is 5.97. The van der Waals surface area contributed by atoms with Crippen LogP contribution in [0.3, 0.4) is 0 Å². The van der Waals surface area contributed by atoms with Crippen LogP contribution in [0.2, 0.25) is 0 Å². The van der Waals surface area contributed by atoms with Crippen molar-refractivity contribution in [2.45, 2.75) is 20.3 Å². The number of carbonyl (C=O) groups is 2. The molecule has 2 aromatic carbocycles. The summed E-state index contributed by atoms with van der Waals surface area (Å²) in [6.07, 6.45) is 1.06. The number of hydrogen-bond acceptors (Lipinski definition) is 4. The first kappa shape index (κ1) is 23.0. The minimum Gasteiger partial charge on any atom is -0.339 e. The minimum atomic E-state index is -0.0369. The first-order chi connectivity index (χ1) is 15.1. The molecule has 3 rings (SSSR count). The molecular weight excluding hydrogens is 388 g/mol. The van der Waals surface area contributed by atoms with Crippen molar-refractivity contribution in [3.63, 3.8) is 0 Å². The van der Waals surface area contributed by atoms with Gasteiger partial charge in [0.25, 0.3) is 5.91 Å². The molecule has 6 nitrogen and oxygen atoms in total. The zero-order valence-electron chi connectivity index (χ0n) is 18.7. The number of anilines is 1. The van der Waals surface area contributed by atoms with Gasteiger partial charge in [0, 0.05) is 57.1 Å². The molecule has 0 radical (unpaired) electrons. The van der Waals surface area contributed by atoms with Crippen LogP contribution >= 0.6 is 0 Å². The molecule has 0 bridgehead atoms. The van der Waals surface area contributed by atoms with Crippen molar-refractivity contribution < 1.29 is 9.59 Å². The minimum absolute atomic E-state index is 0.00674. The first-order valence-electron chi connectivity index (χ1n) is 11.3. The molecule has 0 aromatic heterocycles. The van der Waals surface area contributed by atoms with Gasteiger partial charge in [0.2, 0.25) is 5.91 Å². The molecule has 1 saturated heterocycles. The van der Waals surface area contributed by atoms with Gasteiger partial charge in [0.1, 0.15) is 0 Å². The largest absolute Gasteiger partial charge is 0.339 e. The molecule has 0 aliphatic carbocycles. The van der Waals surface area contributed by atoms with Crippen LogP contribution in [-0.4, -0.2) is 78.9 Å². The summed E-state index contributed by atoms with van der Waals surface area (Å²) in [6.45, 7) is 10.4. The van der Waals surface area contributed by atoms with Crippen LogP contribution in [0.15, 0.2) is 54.6 Å². The Hall–Kier alpha value is -2.70. The normalized spacial score (nSPS) is 14.9. The summed E-state index contributed by atoms with van der Waals surface area (Å²) in [5, 5.41) is 2.95. The van der Waals surface area contributed by atoms with E-state index in [2.05, 4.69) is 39.4 Å². The Morgan fingerprint density at radius 2 is 1.58 bits per heavy atom. The Morgan fingerprint density at radius 1 is 0.903 bits per heavy atom. The lowest BCUT2D eigenvalue weighted by Crippen LogP contribution is -2.49. The average molecular weight is 423 g/mol. The van der Waals surface area contributed by atoms with E-state index in [0.29, 0.717) is 30.9 Å². The van der Waals surface area contributed by atoms with Crippen LogP contribution in [0.25, 0.3) is 0 Å². The molecule has 1 heterocycles. The summed E-state index contributed by atoms with van der Waals surface area (Å²) in [4.78, 5) is 31.5. The summed E-state index contributed by atoms with van der Waals surface area (Å²) in [5.74, 6) is -0.0436. The fourth-order valence-corrected chi connectivity index (χ4v) is 3.93. The monoisotopic (exact) mass is 422 g/mol. The van der Waals surface area contributed by atoms with E-state index < -0.39 is 0 Å². The molecule has 2 aromatic rings. The number of piperazine rings is 1. The summed E-state index contributed by atoms with van der Waals surface area (Å²) in [5.41, 5.74) is 2.64. The number of amides is 2. The Balaban J connectivity index is 1.43. The predicted molar refractivity (Wildman–Crippen MR) is 125 cm³/mol. The lowest BCUT2D eigenvalue weighted by atomic mass is 10.1. The third-order valence-corrected chi connectivity index (χ3v) is 5.84. The van der Waals surface area contributed by atoms with Gasteiger partial charge >= 0.3 is 0 Å². The van der Waals surface area contributed by atoms with Gasteiger partial charge < -0.3 is 15.1 Å². The van der Waals surface area contributed by atoms with E-state index in [1.807, 2.05) is 32.0 Å². The summed E-state index contributed by atoms with van der Waals surface area (Å²) in [6, 6.07) is 17.8. The van der Waals surface area contributed by atoms with Crippen LogP contribution in [0, 0.1) is 0 Å². The fraction of sp³-hybridized carbons (Fsp3) is 0.440. The third kappa shape index (κ3) is 6.91. The Kier molecular flexibility index (Phi) is 8.62. The maximum absolute atomic E-state index is 12.5. The zero-order chi connectivity index (χ0) is 22.1. The fourth-order valence-electron chi connectivity index (χ4n) is 3.93. The number of benzene rings is 2. The molecular formula is C25H34N4O2. The van der Waals surface area contributed by atoms with Gasteiger partial charge in [-0.2, -0.15) is 0 Å². The molecule has 166 valence electrons. The highest BCUT2D eigenvalue weighted by Gasteiger charge is 2.19. The van der Waals surface area contributed by atoms with Crippen molar-refractivity contribution in [2.75, 3.05) is 57.7 Å². The van der Waals surface area contributed by atoms with Crippen LogP contribution in [0.1, 0.15) is 29.8 Å². The zero-order valence-corrected chi connectivity index (χ0v) is 18.7. The SMILES string of the molecule is CCN(CC)C(=O)c1cccc(NC(=O)CN2CCN(CCc3ccccc3)CC2)c1. The molecule has 0 spiro atoms. The highest BCUT2D eigenvalue weighted by atomic mass is 16.2. The molecule has 2 amide bonds. The molecule has 0 atom stereocenters. The molecule has 31 heavy (non-hydrogen) atoms. The van der Waals surface area contributed by atoms with Crippen molar-refractivity contribution in [3.8, 4) is 0 Å². The van der Waals surface area contributed by atoms with Gasteiger partial charge in [-0.15, -0.1) is 0 Å². The van der Waals surface area contributed by atoms with E-state index in [0.717, 1.165) is 39.1 Å². The maximum atomic E-state index is 12.5. The average Bonchev–Trinajstić information content (AvgIpc) is 2.80. The van der Waals surface area contributed by atoms with Crippen molar-refractivity contribution >= 4 is 17.5 Å².